The van der Waals surface area contributed by atoms with E-state index in [0.717, 1.165) is 17.7 Å². The molecule has 0 atom stereocenters. The van der Waals surface area contributed by atoms with Gasteiger partial charge in [0.25, 0.3) is 0 Å². The zero-order valence-corrected chi connectivity index (χ0v) is 16.2. The second-order valence-electron chi connectivity index (χ2n) is 6.40. The molecule has 3 rings (SSSR count). The molecule has 0 saturated heterocycles. The van der Waals surface area contributed by atoms with E-state index in [2.05, 4.69) is 28.9 Å². The SMILES string of the molecule is CN(CC#CC(O)(c1ccccc1)c1ccccc1)Cc1ccccc1.Cl. The van der Waals surface area contributed by atoms with Gasteiger partial charge in [-0.05, 0) is 12.6 Å². The molecule has 0 heterocycles. The Bertz CT molecular complexity index is 830. The molecule has 0 aliphatic heterocycles. The van der Waals surface area contributed by atoms with Crippen LogP contribution in [0.5, 0.6) is 0 Å². The summed E-state index contributed by atoms with van der Waals surface area (Å²) in [5.74, 6) is 6.28. The predicted molar refractivity (Wildman–Crippen MR) is 114 cm³/mol. The Morgan fingerprint density at radius 2 is 1.22 bits per heavy atom. The summed E-state index contributed by atoms with van der Waals surface area (Å²) in [6, 6.07) is 29.5. The third-order valence-electron chi connectivity index (χ3n) is 4.30. The van der Waals surface area contributed by atoms with E-state index >= 15 is 0 Å². The second kappa shape index (κ2) is 9.94. The fourth-order valence-electron chi connectivity index (χ4n) is 2.92. The molecule has 2 nitrogen and oxygen atoms in total. The van der Waals surface area contributed by atoms with Gasteiger partial charge in [-0.25, -0.2) is 0 Å². The van der Waals surface area contributed by atoms with E-state index in [1.807, 2.05) is 85.9 Å². The van der Waals surface area contributed by atoms with Crippen LogP contribution in [0.1, 0.15) is 16.7 Å². The van der Waals surface area contributed by atoms with Gasteiger partial charge in [0, 0.05) is 17.7 Å². The molecule has 0 bridgehead atoms. The average Bonchev–Trinajstić information content (AvgIpc) is 2.70. The van der Waals surface area contributed by atoms with E-state index in [1.54, 1.807) is 0 Å². The van der Waals surface area contributed by atoms with E-state index in [0.29, 0.717) is 6.54 Å². The molecule has 0 fully saturated rings. The molecule has 0 aliphatic rings. The maximum absolute atomic E-state index is 11.4. The van der Waals surface area contributed by atoms with Crippen molar-refractivity contribution >= 4 is 12.4 Å². The van der Waals surface area contributed by atoms with Crippen molar-refractivity contribution in [1.29, 1.82) is 0 Å². The standard InChI is InChI=1S/C24H23NO.ClH/c1-25(20-21-12-5-2-6-13-21)19-11-18-24(26,22-14-7-3-8-15-22)23-16-9-4-10-17-23;/h2-10,12-17,26H,19-20H2,1H3;1H. The van der Waals surface area contributed by atoms with E-state index < -0.39 is 5.60 Å². The van der Waals surface area contributed by atoms with Crippen molar-refractivity contribution in [2.75, 3.05) is 13.6 Å². The molecule has 27 heavy (non-hydrogen) atoms. The molecule has 0 radical (unpaired) electrons. The van der Waals surface area contributed by atoms with Crippen LogP contribution in [-0.4, -0.2) is 23.6 Å². The van der Waals surface area contributed by atoms with Crippen LogP contribution in [0, 0.1) is 11.8 Å². The van der Waals surface area contributed by atoms with Gasteiger partial charge >= 0.3 is 0 Å². The molecule has 0 aromatic heterocycles. The summed E-state index contributed by atoms with van der Waals surface area (Å²) < 4.78 is 0. The minimum atomic E-state index is -1.31. The molecule has 0 amide bonds. The minimum absolute atomic E-state index is 0. The highest BCUT2D eigenvalue weighted by Crippen LogP contribution is 2.28. The topological polar surface area (TPSA) is 23.5 Å². The van der Waals surface area contributed by atoms with Crippen molar-refractivity contribution in [3.63, 3.8) is 0 Å². The number of rotatable bonds is 5. The Morgan fingerprint density at radius 3 is 1.70 bits per heavy atom. The Labute approximate surface area is 167 Å². The normalized spacial score (nSPS) is 10.6. The van der Waals surface area contributed by atoms with Crippen molar-refractivity contribution in [1.82, 2.24) is 4.90 Å². The summed E-state index contributed by atoms with van der Waals surface area (Å²) in [5, 5.41) is 11.4. The fraction of sp³-hybridized carbons (Fsp3) is 0.167. The molecule has 0 spiro atoms. The van der Waals surface area contributed by atoms with Crippen molar-refractivity contribution in [2.24, 2.45) is 0 Å². The summed E-state index contributed by atoms with van der Waals surface area (Å²) in [4.78, 5) is 2.14. The van der Waals surface area contributed by atoms with E-state index in [4.69, 9.17) is 0 Å². The van der Waals surface area contributed by atoms with Crippen LogP contribution in [0.15, 0.2) is 91.0 Å². The maximum atomic E-state index is 11.4. The lowest BCUT2D eigenvalue weighted by molar-refractivity contribution is 0.145. The third-order valence-corrected chi connectivity index (χ3v) is 4.30. The summed E-state index contributed by atoms with van der Waals surface area (Å²) in [6.07, 6.45) is 0. The molecular formula is C24H24ClNO. The molecule has 3 aromatic carbocycles. The maximum Gasteiger partial charge on any atom is 0.176 e. The largest absolute Gasteiger partial charge is 0.369 e. The monoisotopic (exact) mass is 377 g/mol. The molecule has 0 aliphatic carbocycles. The lowest BCUT2D eigenvalue weighted by Gasteiger charge is -2.23. The van der Waals surface area contributed by atoms with E-state index in [-0.39, 0.29) is 12.4 Å². The van der Waals surface area contributed by atoms with Crippen LogP contribution in [0.4, 0.5) is 0 Å². The van der Waals surface area contributed by atoms with Crippen LogP contribution in [0.2, 0.25) is 0 Å². The first-order valence-electron chi connectivity index (χ1n) is 8.74. The Morgan fingerprint density at radius 1 is 0.778 bits per heavy atom. The number of benzene rings is 3. The highest BCUT2D eigenvalue weighted by molar-refractivity contribution is 5.85. The Hall–Kier alpha value is -2.57. The van der Waals surface area contributed by atoms with Gasteiger partial charge in [-0.3, -0.25) is 4.90 Å². The van der Waals surface area contributed by atoms with Gasteiger partial charge in [0.05, 0.1) is 6.54 Å². The smallest absolute Gasteiger partial charge is 0.176 e. The van der Waals surface area contributed by atoms with Crippen molar-refractivity contribution < 1.29 is 5.11 Å². The Balaban J connectivity index is 0.00000261. The summed E-state index contributed by atoms with van der Waals surface area (Å²) >= 11 is 0. The van der Waals surface area contributed by atoms with Gasteiger partial charge in [0.15, 0.2) is 5.60 Å². The number of aliphatic hydroxyl groups is 1. The second-order valence-corrected chi connectivity index (χ2v) is 6.40. The van der Waals surface area contributed by atoms with Gasteiger partial charge < -0.3 is 5.11 Å². The van der Waals surface area contributed by atoms with Crippen LogP contribution >= 0.6 is 12.4 Å². The minimum Gasteiger partial charge on any atom is -0.369 e. The van der Waals surface area contributed by atoms with Crippen LogP contribution in [-0.2, 0) is 12.1 Å². The first-order chi connectivity index (χ1) is 12.7. The molecular weight excluding hydrogens is 354 g/mol. The highest BCUT2D eigenvalue weighted by Gasteiger charge is 2.28. The fourth-order valence-corrected chi connectivity index (χ4v) is 2.92. The van der Waals surface area contributed by atoms with Gasteiger partial charge in [-0.1, -0.05) is 103 Å². The molecule has 0 unspecified atom stereocenters. The quantitative estimate of drug-likeness (QED) is 0.663. The van der Waals surface area contributed by atoms with Crippen molar-refractivity contribution in [2.45, 2.75) is 12.1 Å². The summed E-state index contributed by atoms with van der Waals surface area (Å²) in [6.45, 7) is 1.40. The van der Waals surface area contributed by atoms with Crippen molar-refractivity contribution in [3.8, 4) is 11.8 Å². The molecule has 3 heteroatoms. The molecule has 3 aromatic rings. The van der Waals surface area contributed by atoms with Gasteiger partial charge in [0.2, 0.25) is 0 Å². The molecule has 1 N–H and O–H groups in total. The zero-order valence-electron chi connectivity index (χ0n) is 15.4. The first kappa shape index (κ1) is 20.7. The lowest BCUT2D eigenvalue weighted by atomic mass is 9.87. The molecule has 0 saturated carbocycles. The third kappa shape index (κ3) is 5.45. The van der Waals surface area contributed by atoms with Gasteiger partial charge in [-0.2, -0.15) is 0 Å². The zero-order chi connectivity index (χ0) is 18.2. The summed E-state index contributed by atoms with van der Waals surface area (Å²) in [7, 11) is 2.03. The van der Waals surface area contributed by atoms with E-state index in [9.17, 15) is 5.11 Å². The van der Waals surface area contributed by atoms with Gasteiger partial charge in [0.1, 0.15) is 0 Å². The van der Waals surface area contributed by atoms with E-state index in [1.165, 1.54) is 5.56 Å². The number of nitrogens with zero attached hydrogens (tertiary/aromatic N) is 1. The number of halogens is 1. The predicted octanol–water partition coefficient (Wildman–Crippen LogP) is 4.48. The van der Waals surface area contributed by atoms with Gasteiger partial charge in [-0.15, -0.1) is 12.4 Å². The summed E-state index contributed by atoms with van der Waals surface area (Å²) in [5.41, 5.74) is 1.50. The average molecular weight is 378 g/mol. The highest BCUT2D eigenvalue weighted by atomic mass is 35.5. The first-order valence-corrected chi connectivity index (χ1v) is 8.74. The number of hydrogen-bond acceptors (Lipinski definition) is 2. The van der Waals surface area contributed by atoms with Crippen LogP contribution < -0.4 is 0 Å². The number of hydrogen-bond donors (Lipinski definition) is 1. The van der Waals surface area contributed by atoms with Crippen LogP contribution in [0.25, 0.3) is 0 Å². The van der Waals surface area contributed by atoms with Crippen molar-refractivity contribution in [3.05, 3.63) is 108 Å². The van der Waals surface area contributed by atoms with Crippen LogP contribution in [0.3, 0.4) is 0 Å². The lowest BCUT2D eigenvalue weighted by Crippen LogP contribution is -2.26. The molecule has 138 valence electrons. The Kier molecular flexibility index (Phi) is 7.64.